The number of allylic oxidation sites excluding steroid dienone is 2. The highest BCUT2D eigenvalue weighted by Gasteiger charge is 2.19. The number of hydrogen-bond donors (Lipinski definition) is 0. The van der Waals surface area contributed by atoms with Gasteiger partial charge in [-0.2, -0.15) is 0 Å². The first-order valence-electron chi connectivity index (χ1n) is 27.7. The summed E-state index contributed by atoms with van der Waals surface area (Å²) in [5.41, 5.74) is 0. The zero-order valence-electron chi connectivity index (χ0n) is 41.9. The Labute approximate surface area is 386 Å². The van der Waals surface area contributed by atoms with E-state index in [-0.39, 0.29) is 31.1 Å². The zero-order valence-corrected chi connectivity index (χ0v) is 41.9. The van der Waals surface area contributed by atoms with E-state index < -0.39 is 6.10 Å². The molecule has 0 spiro atoms. The highest BCUT2D eigenvalue weighted by atomic mass is 16.6. The summed E-state index contributed by atoms with van der Waals surface area (Å²) in [6.07, 6.45) is 57.7. The zero-order chi connectivity index (χ0) is 45.1. The molecule has 366 valence electrons. The molecule has 0 aromatic carbocycles. The molecule has 0 heterocycles. The van der Waals surface area contributed by atoms with Crippen LogP contribution in [-0.2, 0) is 28.6 Å². The van der Waals surface area contributed by atoms with Gasteiger partial charge in [0.15, 0.2) is 6.10 Å². The minimum atomic E-state index is -0.767. The standard InChI is InChI=1S/C56H106O6/c1-4-7-10-13-16-19-22-24-25-26-27-28-29-30-32-34-37-40-43-46-49-55(58)61-52-53(51-60-54(57)48-45-42-39-36-33-21-18-15-12-9-6-3)62-56(59)50-47-44-41-38-35-31-23-20-17-14-11-8-5-2/h20,23,53H,4-19,21-22,24-52H2,1-3H3/b23-20-. The van der Waals surface area contributed by atoms with E-state index in [1.807, 2.05) is 0 Å². The van der Waals surface area contributed by atoms with Gasteiger partial charge in [0.05, 0.1) is 0 Å². The summed E-state index contributed by atoms with van der Waals surface area (Å²) in [4.78, 5) is 38.0. The molecule has 1 atom stereocenters. The fourth-order valence-corrected chi connectivity index (χ4v) is 8.32. The molecule has 0 bridgehead atoms. The van der Waals surface area contributed by atoms with E-state index in [2.05, 4.69) is 32.9 Å². The van der Waals surface area contributed by atoms with Crippen LogP contribution in [0.5, 0.6) is 0 Å². The molecule has 0 aliphatic carbocycles. The van der Waals surface area contributed by atoms with Crippen LogP contribution < -0.4 is 0 Å². The SMILES string of the molecule is CCCCCC/C=C\CCCCCCCC(=O)OC(COC(=O)CCCCCCCCCCCCC)COC(=O)CCCCCCCCCCCCCCCCCCCCCC. The van der Waals surface area contributed by atoms with Crippen molar-refractivity contribution in [3.05, 3.63) is 12.2 Å². The molecular formula is C56H106O6. The van der Waals surface area contributed by atoms with Crippen molar-refractivity contribution in [2.45, 2.75) is 316 Å². The Morgan fingerprint density at radius 1 is 0.306 bits per heavy atom. The molecule has 0 aromatic heterocycles. The van der Waals surface area contributed by atoms with Crippen LogP contribution in [0, 0.1) is 0 Å². The molecule has 0 aliphatic rings. The Balaban J connectivity index is 4.24. The summed E-state index contributed by atoms with van der Waals surface area (Å²) >= 11 is 0. The third kappa shape index (κ3) is 49.2. The molecule has 62 heavy (non-hydrogen) atoms. The van der Waals surface area contributed by atoms with Crippen molar-refractivity contribution < 1.29 is 28.6 Å². The smallest absolute Gasteiger partial charge is 0.306 e. The van der Waals surface area contributed by atoms with Crippen molar-refractivity contribution in [1.82, 2.24) is 0 Å². The minimum Gasteiger partial charge on any atom is -0.462 e. The fraction of sp³-hybridized carbons (Fsp3) is 0.911. The van der Waals surface area contributed by atoms with Gasteiger partial charge >= 0.3 is 17.9 Å². The summed E-state index contributed by atoms with van der Waals surface area (Å²) in [5, 5.41) is 0. The number of carbonyl (C=O) groups excluding carboxylic acids is 3. The van der Waals surface area contributed by atoms with Gasteiger partial charge in [0.25, 0.3) is 0 Å². The van der Waals surface area contributed by atoms with E-state index in [0.29, 0.717) is 19.3 Å². The van der Waals surface area contributed by atoms with Gasteiger partial charge in [0.1, 0.15) is 13.2 Å². The predicted molar refractivity (Wildman–Crippen MR) is 266 cm³/mol. The van der Waals surface area contributed by atoms with Crippen molar-refractivity contribution >= 4 is 17.9 Å². The Hall–Kier alpha value is -1.85. The Morgan fingerprint density at radius 2 is 0.532 bits per heavy atom. The molecule has 0 aliphatic heterocycles. The summed E-state index contributed by atoms with van der Waals surface area (Å²) in [5.74, 6) is -0.858. The lowest BCUT2D eigenvalue weighted by Gasteiger charge is -2.18. The first-order valence-corrected chi connectivity index (χ1v) is 27.7. The van der Waals surface area contributed by atoms with Crippen molar-refractivity contribution in [2.24, 2.45) is 0 Å². The van der Waals surface area contributed by atoms with Gasteiger partial charge in [-0.05, 0) is 44.9 Å². The maximum absolute atomic E-state index is 12.8. The van der Waals surface area contributed by atoms with Gasteiger partial charge in [-0.25, -0.2) is 0 Å². The molecule has 0 amide bonds. The second-order valence-electron chi connectivity index (χ2n) is 18.9. The highest BCUT2D eigenvalue weighted by molar-refractivity contribution is 5.71. The molecule has 6 nitrogen and oxygen atoms in total. The van der Waals surface area contributed by atoms with Crippen LogP contribution in [0.4, 0.5) is 0 Å². The molecule has 0 radical (unpaired) electrons. The third-order valence-corrected chi connectivity index (χ3v) is 12.5. The van der Waals surface area contributed by atoms with Gasteiger partial charge < -0.3 is 14.2 Å². The van der Waals surface area contributed by atoms with Crippen LogP contribution in [0.2, 0.25) is 0 Å². The van der Waals surface area contributed by atoms with E-state index in [1.54, 1.807) is 0 Å². The van der Waals surface area contributed by atoms with Crippen molar-refractivity contribution in [1.29, 1.82) is 0 Å². The van der Waals surface area contributed by atoms with Crippen molar-refractivity contribution in [2.75, 3.05) is 13.2 Å². The number of rotatable bonds is 51. The molecule has 6 heteroatoms. The van der Waals surface area contributed by atoms with Gasteiger partial charge in [-0.15, -0.1) is 0 Å². The van der Waals surface area contributed by atoms with Crippen LogP contribution in [0.25, 0.3) is 0 Å². The Bertz CT molecular complexity index is 962. The molecule has 0 saturated carbocycles. The summed E-state index contributed by atoms with van der Waals surface area (Å²) in [6, 6.07) is 0. The number of unbranched alkanes of at least 4 members (excludes halogenated alkanes) is 38. The number of ether oxygens (including phenoxy) is 3. The van der Waals surface area contributed by atoms with Gasteiger partial charge in [-0.3, -0.25) is 14.4 Å². The van der Waals surface area contributed by atoms with E-state index in [0.717, 1.165) is 64.2 Å². The van der Waals surface area contributed by atoms with Crippen LogP contribution in [0.1, 0.15) is 310 Å². The molecule has 0 aromatic rings. The molecule has 0 saturated heterocycles. The second-order valence-corrected chi connectivity index (χ2v) is 18.9. The van der Waals surface area contributed by atoms with E-state index >= 15 is 0 Å². The lowest BCUT2D eigenvalue weighted by atomic mass is 10.0. The lowest BCUT2D eigenvalue weighted by Crippen LogP contribution is -2.30. The Morgan fingerprint density at radius 3 is 0.823 bits per heavy atom. The number of carbonyl (C=O) groups is 3. The predicted octanol–water partition coefficient (Wildman–Crippen LogP) is 18.2. The number of esters is 3. The van der Waals surface area contributed by atoms with E-state index in [9.17, 15) is 14.4 Å². The molecule has 0 rings (SSSR count). The molecule has 0 fully saturated rings. The quantitative estimate of drug-likeness (QED) is 0.0262. The largest absolute Gasteiger partial charge is 0.462 e. The first kappa shape index (κ1) is 60.2. The second kappa shape index (κ2) is 51.8. The van der Waals surface area contributed by atoms with Crippen molar-refractivity contribution in [3.63, 3.8) is 0 Å². The van der Waals surface area contributed by atoms with Gasteiger partial charge in [0.2, 0.25) is 0 Å². The van der Waals surface area contributed by atoms with Crippen molar-refractivity contribution in [3.8, 4) is 0 Å². The molecule has 1 unspecified atom stereocenters. The average Bonchev–Trinajstić information content (AvgIpc) is 3.27. The molecule has 0 N–H and O–H groups in total. The molecular weight excluding hydrogens is 769 g/mol. The highest BCUT2D eigenvalue weighted by Crippen LogP contribution is 2.17. The van der Waals surface area contributed by atoms with Gasteiger partial charge in [0, 0.05) is 19.3 Å². The Kier molecular flexibility index (Phi) is 50.2. The van der Waals surface area contributed by atoms with Crippen LogP contribution >= 0.6 is 0 Å². The van der Waals surface area contributed by atoms with Crippen LogP contribution in [0.15, 0.2) is 12.2 Å². The number of hydrogen-bond acceptors (Lipinski definition) is 6. The minimum absolute atomic E-state index is 0.0678. The summed E-state index contributed by atoms with van der Waals surface area (Å²) in [7, 11) is 0. The fourth-order valence-electron chi connectivity index (χ4n) is 8.32. The maximum Gasteiger partial charge on any atom is 0.306 e. The lowest BCUT2D eigenvalue weighted by molar-refractivity contribution is -0.167. The maximum atomic E-state index is 12.8. The van der Waals surface area contributed by atoms with Crippen LogP contribution in [-0.4, -0.2) is 37.2 Å². The normalized spacial score (nSPS) is 12.0. The van der Waals surface area contributed by atoms with E-state index in [1.165, 1.54) is 205 Å². The summed E-state index contributed by atoms with van der Waals surface area (Å²) in [6.45, 7) is 6.66. The third-order valence-electron chi connectivity index (χ3n) is 12.5. The van der Waals surface area contributed by atoms with Crippen LogP contribution in [0.3, 0.4) is 0 Å². The first-order chi connectivity index (χ1) is 30.5. The monoisotopic (exact) mass is 875 g/mol. The average molecular weight is 875 g/mol. The topological polar surface area (TPSA) is 78.9 Å². The van der Waals surface area contributed by atoms with Gasteiger partial charge in [-0.1, -0.05) is 258 Å². The summed E-state index contributed by atoms with van der Waals surface area (Å²) < 4.78 is 16.8. The van der Waals surface area contributed by atoms with E-state index in [4.69, 9.17) is 14.2 Å².